The zero-order valence-electron chi connectivity index (χ0n) is 9.91. The number of anilines is 1. The number of aromatic nitrogens is 1. The normalized spacial score (nSPS) is 12.9. The van der Waals surface area contributed by atoms with Crippen LogP contribution in [0.3, 0.4) is 0 Å². The number of nitrogens with zero attached hydrogens (tertiary/aromatic N) is 1. The van der Waals surface area contributed by atoms with E-state index in [0.29, 0.717) is 10.6 Å². The number of rotatable bonds is 3. The topological polar surface area (TPSA) is 42.0 Å². The first-order chi connectivity index (χ1) is 8.47. The number of hydrogen-bond acceptors (Lipinski definition) is 3. The van der Waals surface area contributed by atoms with Crippen LogP contribution in [-0.2, 0) is 4.79 Å². The van der Waals surface area contributed by atoms with Crippen molar-refractivity contribution in [2.45, 2.75) is 18.7 Å². The summed E-state index contributed by atoms with van der Waals surface area (Å²) in [5.74, 6) is -0.245. The molecule has 1 atom stereocenters. The van der Waals surface area contributed by atoms with Crippen molar-refractivity contribution in [1.82, 2.24) is 4.98 Å². The summed E-state index contributed by atoms with van der Waals surface area (Å²) in [7, 11) is 0. The van der Waals surface area contributed by atoms with Gasteiger partial charge in [0, 0.05) is 0 Å². The van der Waals surface area contributed by atoms with Gasteiger partial charge in [0.25, 0.3) is 0 Å². The largest absolute Gasteiger partial charge is 0.301 e. The molecule has 2 aromatic rings. The molecule has 0 aliphatic heterocycles. The highest BCUT2D eigenvalue weighted by molar-refractivity contribution is 9.10. The molecule has 1 amide bonds. The maximum absolute atomic E-state index is 13.0. The first-order valence-corrected chi connectivity index (χ1v) is 7.21. The lowest BCUT2D eigenvalue weighted by Crippen LogP contribution is -2.26. The maximum Gasteiger partial charge on any atom is 0.240 e. The van der Waals surface area contributed by atoms with Crippen molar-refractivity contribution in [1.29, 1.82) is 0 Å². The van der Waals surface area contributed by atoms with Crippen molar-refractivity contribution in [3.8, 4) is 0 Å². The molecular formula is C12H12BrFN2OS. The van der Waals surface area contributed by atoms with Crippen LogP contribution in [0.5, 0.6) is 0 Å². The molecule has 1 heterocycles. The Morgan fingerprint density at radius 3 is 2.89 bits per heavy atom. The minimum Gasteiger partial charge on any atom is -0.301 e. The second-order valence-electron chi connectivity index (χ2n) is 4.27. The van der Waals surface area contributed by atoms with E-state index in [0.717, 1.165) is 4.70 Å². The second kappa shape index (κ2) is 5.32. The van der Waals surface area contributed by atoms with Gasteiger partial charge in [-0.05, 0) is 24.1 Å². The molecule has 6 heteroatoms. The third-order valence-electron chi connectivity index (χ3n) is 2.42. The summed E-state index contributed by atoms with van der Waals surface area (Å²) in [6, 6.07) is 4.37. The third-order valence-corrected chi connectivity index (χ3v) is 4.82. The molecule has 1 aromatic carbocycles. The predicted octanol–water partition coefficient (Wildman–Crippen LogP) is 3.79. The lowest BCUT2D eigenvalue weighted by Gasteiger charge is -2.11. The van der Waals surface area contributed by atoms with Crippen molar-refractivity contribution < 1.29 is 9.18 Å². The van der Waals surface area contributed by atoms with E-state index in [1.807, 2.05) is 13.8 Å². The maximum atomic E-state index is 13.0. The van der Waals surface area contributed by atoms with E-state index >= 15 is 0 Å². The number of carbonyl (C=O) groups excluding carboxylic acids is 1. The molecule has 0 saturated carbocycles. The Morgan fingerprint density at radius 2 is 2.22 bits per heavy atom. The summed E-state index contributed by atoms with van der Waals surface area (Å²) in [5, 5.41) is 3.22. The van der Waals surface area contributed by atoms with Gasteiger partial charge in [-0.3, -0.25) is 4.79 Å². The van der Waals surface area contributed by atoms with E-state index in [1.165, 1.54) is 23.5 Å². The molecule has 1 aromatic heterocycles. The number of carbonyl (C=O) groups is 1. The smallest absolute Gasteiger partial charge is 0.240 e. The van der Waals surface area contributed by atoms with Crippen LogP contribution in [0.2, 0.25) is 0 Å². The van der Waals surface area contributed by atoms with E-state index in [9.17, 15) is 9.18 Å². The van der Waals surface area contributed by atoms with Crippen molar-refractivity contribution in [3.63, 3.8) is 0 Å². The van der Waals surface area contributed by atoms with Gasteiger partial charge in [-0.15, -0.1) is 0 Å². The average molecular weight is 331 g/mol. The number of nitrogens with one attached hydrogen (secondary N) is 1. The molecule has 0 spiro atoms. The zero-order valence-corrected chi connectivity index (χ0v) is 12.3. The predicted molar refractivity (Wildman–Crippen MR) is 75.8 cm³/mol. The van der Waals surface area contributed by atoms with E-state index in [4.69, 9.17) is 0 Å². The molecule has 18 heavy (non-hydrogen) atoms. The Balaban J connectivity index is 2.20. The van der Waals surface area contributed by atoms with Crippen LogP contribution in [0.25, 0.3) is 10.2 Å². The summed E-state index contributed by atoms with van der Waals surface area (Å²) >= 11 is 4.59. The van der Waals surface area contributed by atoms with Crippen LogP contribution >= 0.6 is 27.3 Å². The Morgan fingerprint density at radius 1 is 1.50 bits per heavy atom. The van der Waals surface area contributed by atoms with Gasteiger partial charge >= 0.3 is 0 Å². The molecule has 0 aliphatic carbocycles. The van der Waals surface area contributed by atoms with Crippen molar-refractivity contribution >= 4 is 48.5 Å². The molecule has 2 rings (SSSR count). The van der Waals surface area contributed by atoms with Crippen molar-refractivity contribution in [2.24, 2.45) is 5.92 Å². The highest BCUT2D eigenvalue weighted by Gasteiger charge is 2.19. The fourth-order valence-corrected chi connectivity index (χ4v) is 2.44. The SMILES string of the molecule is CC(C)[C@H](Br)C(=O)Nc1nc2ccc(F)cc2s1. The standard InChI is InChI=1S/C12H12BrFN2OS/c1-6(2)10(13)11(17)16-12-15-8-4-3-7(14)5-9(8)18-12/h3-6,10H,1-2H3,(H,15,16,17)/t10-/m0/s1. The van der Waals surface area contributed by atoms with Crippen LogP contribution in [0.1, 0.15) is 13.8 Å². The molecule has 0 bridgehead atoms. The molecule has 0 aliphatic rings. The number of benzene rings is 1. The average Bonchev–Trinajstić information content (AvgIpc) is 2.68. The summed E-state index contributed by atoms with van der Waals surface area (Å²) in [6.45, 7) is 3.90. The number of thiazole rings is 1. The Hall–Kier alpha value is -1.01. The first kappa shape index (κ1) is 13.4. The highest BCUT2D eigenvalue weighted by Crippen LogP contribution is 2.27. The van der Waals surface area contributed by atoms with Crippen LogP contribution in [0.15, 0.2) is 18.2 Å². The second-order valence-corrected chi connectivity index (χ2v) is 6.28. The third kappa shape index (κ3) is 2.87. The van der Waals surface area contributed by atoms with Gasteiger partial charge in [0.1, 0.15) is 5.82 Å². The van der Waals surface area contributed by atoms with Gasteiger partial charge < -0.3 is 5.32 Å². The summed E-state index contributed by atoms with van der Waals surface area (Å²) in [5.41, 5.74) is 0.687. The first-order valence-electron chi connectivity index (χ1n) is 5.48. The molecule has 1 N–H and O–H groups in total. The molecule has 0 radical (unpaired) electrons. The summed E-state index contributed by atoms with van der Waals surface area (Å²) in [6.07, 6.45) is 0. The van der Waals surface area contributed by atoms with Crippen LogP contribution in [0, 0.1) is 11.7 Å². The fraction of sp³-hybridized carbons (Fsp3) is 0.333. The molecular weight excluding hydrogens is 319 g/mol. The van der Waals surface area contributed by atoms with Gasteiger partial charge in [0.15, 0.2) is 5.13 Å². The Labute approximate surface area is 117 Å². The molecule has 96 valence electrons. The van der Waals surface area contributed by atoms with Gasteiger partial charge in [-0.1, -0.05) is 41.1 Å². The molecule has 0 fully saturated rings. The number of fused-ring (bicyclic) bond motifs is 1. The number of amides is 1. The van der Waals surface area contributed by atoms with Gasteiger partial charge in [-0.25, -0.2) is 9.37 Å². The van der Waals surface area contributed by atoms with Crippen LogP contribution < -0.4 is 5.32 Å². The summed E-state index contributed by atoms with van der Waals surface area (Å²) < 4.78 is 13.7. The number of alkyl halides is 1. The minimum atomic E-state index is -0.301. The Kier molecular flexibility index (Phi) is 3.97. The lowest BCUT2D eigenvalue weighted by molar-refractivity contribution is -0.116. The molecule has 0 saturated heterocycles. The monoisotopic (exact) mass is 330 g/mol. The van der Waals surface area contributed by atoms with E-state index in [2.05, 4.69) is 26.2 Å². The molecule has 3 nitrogen and oxygen atoms in total. The van der Waals surface area contributed by atoms with Crippen LogP contribution in [0.4, 0.5) is 9.52 Å². The van der Waals surface area contributed by atoms with Crippen molar-refractivity contribution in [3.05, 3.63) is 24.0 Å². The fourth-order valence-electron chi connectivity index (χ4n) is 1.43. The lowest BCUT2D eigenvalue weighted by atomic mass is 10.1. The van der Waals surface area contributed by atoms with E-state index < -0.39 is 0 Å². The van der Waals surface area contributed by atoms with Gasteiger partial charge in [-0.2, -0.15) is 0 Å². The van der Waals surface area contributed by atoms with E-state index in [-0.39, 0.29) is 22.5 Å². The van der Waals surface area contributed by atoms with Gasteiger partial charge in [0.2, 0.25) is 5.91 Å². The quantitative estimate of drug-likeness (QED) is 0.870. The minimum absolute atomic E-state index is 0.135. The Bertz CT molecular complexity index is 584. The summed E-state index contributed by atoms with van der Waals surface area (Å²) in [4.78, 5) is 15.8. The number of halogens is 2. The number of hydrogen-bond donors (Lipinski definition) is 1. The molecule has 0 unspecified atom stereocenters. The van der Waals surface area contributed by atoms with Gasteiger partial charge in [0.05, 0.1) is 15.0 Å². The van der Waals surface area contributed by atoms with Crippen molar-refractivity contribution in [2.75, 3.05) is 5.32 Å². The highest BCUT2D eigenvalue weighted by atomic mass is 79.9. The van der Waals surface area contributed by atoms with E-state index in [1.54, 1.807) is 6.07 Å². The zero-order chi connectivity index (χ0) is 13.3. The van der Waals surface area contributed by atoms with Crippen LogP contribution in [-0.4, -0.2) is 15.7 Å².